The molecule has 0 spiro atoms. The van der Waals surface area contributed by atoms with Gasteiger partial charge < -0.3 is 4.90 Å². The summed E-state index contributed by atoms with van der Waals surface area (Å²) in [4.78, 5) is 21.8. The Hall–Kier alpha value is -2.23. The van der Waals surface area contributed by atoms with Gasteiger partial charge >= 0.3 is 0 Å². The Morgan fingerprint density at radius 2 is 1.74 bits per heavy atom. The maximum atomic E-state index is 12.1. The Morgan fingerprint density at radius 1 is 1.17 bits per heavy atom. The minimum atomic E-state index is -3.68. The van der Waals surface area contributed by atoms with Crippen LogP contribution >= 0.6 is 0 Å². The highest BCUT2D eigenvalue weighted by atomic mass is 32.2. The molecule has 0 aliphatic carbocycles. The van der Waals surface area contributed by atoms with E-state index in [2.05, 4.69) is 0 Å². The van der Waals surface area contributed by atoms with Gasteiger partial charge in [-0.25, -0.2) is 8.42 Å². The van der Waals surface area contributed by atoms with E-state index in [1.165, 1.54) is 11.8 Å². The minimum absolute atomic E-state index is 0.160. The van der Waals surface area contributed by atoms with E-state index in [4.69, 9.17) is 0 Å². The van der Waals surface area contributed by atoms with Crippen molar-refractivity contribution in [3.63, 3.8) is 0 Å². The predicted octanol–water partition coefficient (Wildman–Crippen LogP) is 1.20. The van der Waals surface area contributed by atoms with Crippen LogP contribution < -0.4 is 4.90 Å². The molecule has 0 saturated carbocycles. The number of para-hydroxylation sites is 1. The van der Waals surface area contributed by atoms with Crippen LogP contribution in [0, 0.1) is 20.2 Å². The van der Waals surface area contributed by atoms with Gasteiger partial charge in [0.25, 0.3) is 0 Å². The van der Waals surface area contributed by atoms with E-state index in [1.807, 2.05) is 0 Å². The van der Waals surface area contributed by atoms with Crippen molar-refractivity contribution < 1.29 is 18.3 Å². The highest BCUT2D eigenvalue weighted by Crippen LogP contribution is 2.22. The maximum absolute atomic E-state index is 12.1. The maximum Gasteiger partial charge on any atom is 0.227 e. The molecule has 0 amide bonds. The summed E-state index contributed by atoms with van der Waals surface area (Å²) in [6.45, 7) is 0.670. The van der Waals surface area contributed by atoms with E-state index < -0.39 is 37.6 Å². The number of nitrogens with zero attached hydrogens (tertiary/aromatic N) is 3. The molecule has 128 valence electrons. The second-order valence-corrected chi connectivity index (χ2v) is 7.45. The van der Waals surface area contributed by atoms with Crippen molar-refractivity contribution in [3.8, 4) is 0 Å². The van der Waals surface area contributed by atoms with Gasteiger partial charge in [-0.1, -0.05) is 18.2 Å². The third-order valence-electron chi connectivity index (χ3n) is 3.31. The van der Waals surface area contributed by atoms with Gasteiger partial charge in [-0.05, 0) is 12.1 Å². The molecule has 2 unspecified atom stereocenters. The number of nitro groups is 2. The summed E-state index contributed by atoms with van der Waals surface area (Å²) < 4.78 is 24.2. The van der Waals surface area contributed by atoms with E-state index in [0.29, 0.717) is 5.69 Å². The molecule has 0 aliphatic heterocycles. The van der Waals surface area contributed by atoms with Gasteiger partial charge in [-0.2, -0.15) is 0 Å². The van der Waals surface area contributed by atoms with Gasteiger partial charge in [0.15, 0.2) is 9.84 Å². The lowest BCUT2D eigenvalue weighted by molar-refractivity contribution is -0.515. The van der Waals surface area contributed by atoms with Crippen LogP contribution in [-0.2, 0) is 9.84 Å². The standard InChI is InChI=1S/C13H19N3O6S/c1-11(16(19)20)10-14(12-6-4-3-5-7-12)13(23(2,21)22)8-9-15(17)18/h3-7,11,13H,8-10H2,1-2H3. The van der Waals surface area contributed by atoms with Crippen molar-refractivity contribution in [1.29, 1.82) is 0 Å². The Morgan fingerprint density at radius 3 is 2.17 bits per heavy atom. The fraction of sp³-hybridized carbons (Fsp3) is 0.538. The molecule has 0 heterocycles. The molecule has 23 heavy (non-hydrogen) atoms. The first-order chi connectivity index (χ1) is 10.6. The molecule has 9 nitrogen and oxygen atoms in total. The van der Waals surface area contributed by atoms with Gasteiger partial charge in [-0.3, -0.25) is 20.2 Å². The number of rotatable bonds is 9. The van der Waals surface area contributed by atoms with Gasteiger partial charge in [0.1, 0.15) is 5.37 Å². The minimum Gasteiger partial charge on any atom is -0.348 e. The molecule has 0 N–H and O–H groups in total. The fourth-order valence-electron chi connectivity index (χ4n) is 2.18. The smallest absolute Gasteiger partial charge is 0.227 e. The number of hydrogen-bond donors (Lipinski definition) is 0. The van der Waals surface area contributed by atoms with Crippen LogP contribution in [0.4, 0.5) is 5.69 Å². The monoisotopic (exact) mass is 345 g/mol. The molecule has 0 fully saturated rings. The van der Waals surface area contributed by atoms with Crippen LogP contribution in [0.15, 0.2) is 30.3 Å². The molecule has 1 aromatic carbocycles. The van der Waals surface area contributed by atoms with Gasteiger partial charge in [0, 0.05) is 35.1 Å². The number of sulfone groups is 1. The molecular weight excluding hydrogens is 326 g/mol. The van der Waals surface area contributed by atoms with Crippen molar-refractivity contribution in [3.05, 3.63) is 50.6 Å². The first kappa shape index (κ1) is 18.8. The molecule has 1 rings (SSSR count). The highest BCUT2D eigenvalue weighted by molar-refractivity contribution is 7.91. The Bertz CT molecular complexity index is 649. The van der Waals surface area contributed by atoms with Gasteiger partial charge in [0.2, 0.25) is 12.6 Å². The molecule has 10 heteroatoms. The van der Waals surface area contributed by atoms with Crippen LogP contribution in [0.3, 0.4) is 0 Å². The number of hydrogen-bond acceptors (Lipinski definition) is 7. The van der Waals surface area contributed by atoms with Crippen LogP contribution in [0.25, 0.3) is 0 Å². The molecule has 0 bridgehead atoms. The molecule has 0 saturated heterocycles. The summed E-state index contributed by atoms with van der Waals surface area (Å²) in [5, 5.41) is 20.3. The molecule has 2 atom stereocenters. The third-order valence-corrected chi connectivity index (χ3v) is 4.79. The summed E-state index contributed by atoms with van der Waals surface area (Å²) in [5.41, 5.74) is 0.472. The van der Waals surface area contributed by atoms with E-state index in [9.17, 15) is 28.6 Å². The molecule has 1 aromatic rings. The SMILES string of the molecule is CC(CN(c1ccccc1)C(CC[N+](=O)[O-])S(C)(=O)=O)[N+](=O)[O-]. The second kappa shape index (κ2) is 7.86. The van der Waals surface area contributed by atoms with Crippen LogP contribution in [0.2, 0.25) is 0 Å². The Balaban J connectivity index is 3.21. The third kappa shape index (κ3) is 5.81. The van der Waals surface area contributed by atoms with Crippen molar-refractivity contribution >= 4 is 15.5 Å². The zero-order valence-electron chi connectivity index (χ0n) is 12.9. The summed E-state index contributed by atoms with van der Waals surface area (Å²) in [6, 6.07) is 7.30. The average molecular weight is 345 g/mol. The quantitative estimate of drug-likeness (QED) is 0.486. The lowest BCUT2D eigenvalue weighted by Crippen LogP contribution is -2.46. The summed E-state index contributed by atoms with van der Waals surface area (Å²) >= 11 is 0. The molecular formula is C13H19N3O6S. The largest absolute Gasteiger partial charge is 0.348 e. The first-order valence-corrected chi connectivity index (χ1v) is 8.84. The molecule has 0 aromatic heterocycles. The zero-order chi connectivity index (χ0) is 17.6. The number of anilines is 1. The van der Waals surface area contributed by atoms with E-state index in [-0.39, 0.29) is 13.0 Å². The van der Waals surface area contributed by atoms with Crippen molar-refractivity contribution in [1.82, 2.24) is 0 Å². The Kier molecular flexibility index (Phi) is 6.43. The zero-order valence-corrected chi connectivity index (χ0v) is 13.7. The van der Waals surface area contributed by atoms with Crippen molar-refractivity contribution in [2.45, 2.75) is 24.8 Å². The second-order valence-electron chi connectivity index (χ2n) is 5.25. The summed E-state index contributed by atoms with van der Waals surface area (Å²) in [6.07, 6.45) is 0.732. The Labute approximate surface area is 134 Å². The van der Waals surface area contributed by atoms with Crippen LogP contribution in [0.5, 0.6) is 0 Å². The van der Waals surface area contributed by atoms with Crippen LogP contribution in [0.1, 0.15) is 13.3 Å². The fourth-order valence-corrected chi connectivity index (χ4v) is 3.38. The van der Waals surface area contributed by atoms with Crippen molar-refractivity contribution in [2.75, 3.05) is 24.2 Å². The van der Waals surface area contributed by atoms with Crippen molar-refractivity contribution in [2.24, 2.45) is 0 Å². The summed E-state index contributed by atoms with van der Waals surface area (Å²) in [7, 11) is -3.68. The van der Waals surface area contributed by atoms with E-state index in [0.717, 1.165) is 6.26 Å². The average Bonchev–Trinajstić information content (AvgIpc) is 2.45. The first-order valence-electron chi connectivity index (χ1n) is 6.88. The topological polar surface area (TPSA) is 124 Å². The molecule has 0 aliphatic rings. The highest BCUT2D eigenvalue weighted by Gasteiger charge is 2.32. The lowest BCUT2D eigenvalue weighted by atomic mass is 10.2. The number of benzene rings is 1. The van der Waals surface area contributed by atoms with E-state index >= 15 is 0 Å². The van der Waals surface area contributed by atoms with Gasteiger partial charge in [-0.15, -0.1) is 0 Å². The molecule has 0 radical (unpaired) electrons. The lowest BCUT2D eigenvalue weighted by Gasteiger charge is -2.31. The summed E-state index contributed by atoms with van der Waals surface area (Å²) in [5.74, 6) is 0. The van der Waals surface area contributed by atoms with Crippen LogP contribution in [-0.4, -0.2) is 49.0 Å². The van der Waals surface area contributed by atoms with E-state index in [1.54, 1.807) is 30.3 Å². The van der Waals surface area contributed by atoms with Gasteiger partial charge in [0.05, 0.1) is 6.54 Å². The normalized spacial score (nSPS) is 14.0. The predicted molar refractivity (Wildman–Crippen MR) is 85.4 cm³/mol.